The van der Waals surface area contributed by atoms with Gasteiger partial charge >= 0.3 is 17.4 Å². The molecule has 0 fully saturated rings. The molecule has 0 saturated carbocycles. The maximum Gasteiger partial charge on any atom is 0.392 e. The number of benzene rings is 1. The molecule has 2 aromatic rings. The fourth-order valence-corrected chi connectivity index (χ4v) is 1.92. The highest BCUT2D eigenvalue weighted by atomic mass is 16.6. The summed E-state index contributed by atoms with van der Waals surface area (Å²) in [6.07, 6.45) is 0.935. The minimum Gasteiger partial charge on any atom is -0.470 e. The summed E-state index contributed by atoms with van der Waals surface area (Å²) in [6, 6.07) is 7.34. The van der Waals surface area contributed by atoms with E-state index in [1.54, 1.807) is 26.0 Å². The van der Waals surface area contributed by atoms with E-state index in [0.717, 1.165) is 5.56 Å². The first-order chi connectivity index (χ1) is 10.9. The molecule has 23 heavy (non-hydrogen) atoms. The van der Waals surface area contributed by atoms with Crippen LogP contribution in [0.25, 0.3) is 0 Å². The first kappa shape index (κ1) is 16.7. The molecule has 0 atom stereocenters. The molecule has 122 valence electrons. The van der Waals surface area contributed by atoms with Crippen LogP contribution in [0.5, 0.6) is 17.5 Å². The van der Waals surface area contributed by atoms with Crippen LogP contribution in [0.1, 0.15) is 39.2 Å². The zero-order valence-electron chi connectivity index (χ0n) is 13.5. The van der Waals surface area contributed by atoms with Gasteiger partial charge in [-0.25, -0.2) is 0 Å². The molecule has 7 nitrogen and oxygen atoms in total. The maximum absolute atomic E-state index is 11.3. The van der Waals surface area contributed by atoms with E-state index < -0.39 is 4.92 Å². The second-order valence-electron chi connectivity index (χ2n) is 5.58. The van der Waals surface area contributed by atoms with Crippen LogP contribution < -0.4 is 9.47 Å². The normalized spacial score (nSPS) is 10.9. The van der Waals surface area contributed by atoms with Crippen molar-refractivity contribution in [2.24, 2.45) is 0 Å². The molecular formula is C16H19N3O4. The maximum atomic E-state index is 11.3. The standard InChI is InChI=1S/C16H19N3O4/c1-10(2)12-5-7-13(8-6-12)23-16-14(19(20)21)15(17-9-18-16)22-11(3)4/h5-11H,1-4H3. The van der Waals surface area contributed by atoms with Gasteiger partial charge in [-0.1, -0.05) is 26.0 Å². The van der Waals surface area contributed by atoms with E-state index in [4.69, 9.17) is 9.47 Å². The van der Waals surface area contributed by atoms with Crippen LogP contribution in [-0.4, -0.2) is 21.0 Å². The van der Waals surface area contributed by atoms with Crippen LogP contribution in [0.4, 0.5) is 5.69 Å². The van der Waals surface area contributed by atoms with E-state index in [1.165, 1.54) is 6.33 Å². The quantitative estimate of drug-likeness (QED) is 0.589. The van der Waals surface area contributed by atoms with Crippen molar-refractivity contribution in [3.63, 3.8) is 0 Å². The smallest absolute Gasteiger partial charge is 0.392 e. The minimum atomic E-state index is -0.602. The molecule has 0 radical (unpaired) electrons. The van der Waals surface area contributed by atoms with Crippen LogP contribution in [0.3, 0.4) is 0 Å². The second kappa shape index (κ2) is 7.04. The van der Waals surface area contributed by atoms with E-state index in [9.17, 15) is 10.1 Å². The molecule has 1 aromatic heterocycles. The zero-order valence-corrected chi connectivity index (χ0v) is 13.5. The SMILES string of the molecule is CC(C)Oc1ncnc(Oc2ccc(C(C)C)cc2)c1[N+](=O)[O-]. The van der Waals surface area contributed by atoms with Gasteiger partial charge in [-0.2, -0.15) is 9.97 Å². The topological polar surface area (TPSA) is 87.4 Å². The Kier molecular flexibility index (Phi) is 5.10. The molecule has 0 unspecified atom stereocenters. The third-order valence-corrected chi connectivity index (χ3v) is 3.05. The Hall–Kier alpha value is -2.70. The molecule has 0 aliphatic rings. The van der Waals surface area contributed by atoms with Crippen molar-refractivity contribution in [3.05, 3.63) is 46.3 Å². The van der Waals surface area contributed by atoms with Gasteiger partial charge in [0.15, 0.2) is 0 Å². The van der Waals surface area contributed by atoms with E-state index in [2.05, 4.69) is 23.8 Å². The summed E-state index contributed by atoms with van der Waals surface area (Å²) < 4.78 is 10.9. The number of nitro groups is 1. The molecular weight excluding hydrogens is 298 g/mol. The number of nitrogens with zero attached hydrogens (tertiary/aromatic N) is 3. The summed E-state index contributed by atoms with van der Waals surface area (Å²) in [5.74, 6) is 0.613. The van der Waals surface area contributed by atoms with Crippen molar-refractivity contribution in [1.29, 1.82) is 0 Å². The van der Waals surface area contributed by atoms with Crippen molar-refractivity contribution in [2.45, 2.75) is 39.7 Å². The molecule has 0 amide bonds. The van der Waals surface area contributed by atoms with Crippen molar-refractivity contribution in [3.8, 4) is 17.5 Å². The number of rotatable bonds is 6. The molecule has 2 rings (SSSR count). The fraction of sp³-hybridized carbons (Fsp3) is 0.375. The summed E-state index contributed by atoms with van der Waals surface area (Å²) in [4.78, 5) is 18.4. The predicted molar refractivity (Wildman–Crippen MR) is 85.1 cm³/mol. The lowest BCUT2D eigenvalue weighted by Gasteiger charge is -2.11. The average molecular weight is 317 g/mol. The fourth-order valence-electron chi connectivity index (χ4n) is 1.92. The van der Waals surface area contributed by atoms with E-state index >= 15 is 0 Å². The summed E-state index contributed by atoms with van der Waals surface area (Å²) in [5, 5.41) is 11.3. The third-order valence-electron chi connectivity index (χ3n) is 3.05. The van der Waals surface area contributed by atoms with Gasteiger partial charge in [-0.05, 0) is 37.5 Å². The molecule has 0 N–H and O–H groups in total. The Morgan fingerprint density at radius 2 is 1.65 bits per heavy atom. The predicted octanol–water partition coefficient (Wildman–Crippen LogP) is 4.09. The molecule has 0 aliphatic carbocycles. The van der Waals surface area contributed by atoms with Gasteiger partial charge in [-0.15, -0.1) is 0 Å². The van der Waals surface area contributed by atoms with Gasteiger partial charge in [0.1, 0.15) is 12.1 Å². The van der Waals surface area contributed by atoms with Gasteiger partial charge in [0.2, 0.25) is 0 Å². The highest BCUT2D eigenvalue weighted by molar-refractivity contribution is 5.50. The highest BCUT2D eigenvalue weighted by Crippen LogP contribution is 2.36. The van der Waals surface area contributed by atoms with Gasteiger partial charge in [0.25, 0.3) is 0 Å². The molecule has 0 bridgehead atoms. The van der Waals surface area contributed by atoms with Gasteiger partial charge in [0, 0.05) is 0 Å². The average Bonchev–Trinajstić information content (AvgIpc) is 2.47. The summed E-state index contributed by atoms with van der Waals surface area (Å²) in [6.45, 7) is 7.69. The molecule has 0 saturated heterocycles. The number of aromatic nitrogens is 2. The van der Waals surface area contributed by atoms with Crippen LogP contribution >= 0.6 is 0 Å². The van der Waals surface area contributed by atoms with E-state index in [1.807, 2.05) is 12.1 Å². The number of hydrogen-bond acceptors (Lipinski definition) is 6. The Labute approximate surface area is 134 Å². The van der Waals surface area contributed by atoms with Crippen molar-refractivity contribution in [2.75, 3.05) is 0 Å². The third kappa shape index (κ3) is 4.15. The van der Waals surface area contributed by atoms with Gasteiger partial charge in [-0.3, -0.25) is 10.1 Å². The number of ether oxygens (including phenoxy) is 2. The monoisotopic (exact) mass is 317 g/mol. The van der Waals surface area contributed by atoms with Crippen molar-refractivity contribution in [1.82, 2.24) is 9.97 Å². The van der Waals surface area contributed by atoms with E-state index in [0.29, 0.717) is 11.7 Å². The number of hydrogen-bond donors (Lipinski definition) is 0. The van der Waals surface area contributed by atoms with Crippen molar-refractivity contribution < 1.29 is 14.4 Å². The molecule has 7 heteroatoms. The van der Waals surface area contributed by atoms with Crippen LogP contribution in [0, 0.1) is 10.1 Å². The summed E-state index contributed by atoms with van der Waals surface area (Å²) in [7, 11) is 0. The first-order valence-corrected chi connectivity index (χ1v) is 7.32. The Balaban J connectivity index is 2.33. The molecule has 1 aromatic carbocycles. The first-order valence-electron chi connectivity index (χ1n) is 7.32. The second-order valence-corrected chi connectivity index (χ2v) is 5.58. The molecule has 1 heterocycles. The Morgan fingerprint density at radius 3 is 2.17 bits per heavy atom. The van der Waals surface area contributed by atoms with Crippen LogP contribution in [-0.2, 0) is 0 Å². The Bertz CT molecular complexity index is 684. The Morgan fingerprint density at radius 1 is 1.04 bits per heavy atom. The van der Waals surface area contributed by atoms with E-state index in [-0.39, 0.29) is 23.6 Å². The van der Waals surface area contributed by atoms with Gasteiger partial charge in [0.05, 0.1) is 11.0 Å². The lowest BCUT2D eigenvalue weighted by molar-refractivity contribution is -0.387. The largest absolute Gasteiger partial charge is 0.470 e. The zero-order chi connectivity index (χ0) is 17.0. The molecule has 0 spiro atoms. The minimum absolute atomic E-state index is 0.103. The lowest BCUT2D eigenvalue weighted by Crippen LogP contribution is -2.10. The van der Waals surface area contributed by atoms with Gasteiger partial charge < -0.3 is 9.47 Å². The lowest BCUT2D eigenvalue weighted by atomic mass is 10.0. The summed E-state index contributed by atoms with van der Waals surface area (Å²) >= 11 is 0. The summed E-state index contributed by atoms with van der Waals surface area (Å²) in [5.41, 5.74) is 0.771. The molecule has 0 aliphatic heterocycles. The highest BCUT2D eigenvalue weighted by Gasteiger charge is 2.27. The van der Waals surface area contributed by atoms with Crippen molar-refractivity contribution >= 4 is 5.69 Å². The van der Waals surface area contributed by atoms with Crippen LogP contribution in [0.15, 0.2) is 30.6 Å². The van der Waals surface area contributed by atoms with Crippen LogP contribution in [0.2, 0.25) is 0 Å².